The third-order valence-electron chi connectivity index (χ3n) is 1.79. The van der Waals surface area contributed by atoms with Gasteiger partial charge in [-0.25, -0.2) is 0 Å². The quantitative estimate of drug-likeness (QED) is 0.685. The number of esters is 1. The molecule has 0 N–H and O–H groups in total. The minimum absolute atomic E-state index is 0.208. The van der Waals surface area contributed by atoms with Crippen LogP contribution in [-0.4, -0.2) is 19.7 Å². The maximum Gasteiger partial charge on any atom is 0.310 e. The Morgan fingerprint density at radius 1 is 1.43 bits per heavy atom. The van der Waals surface area contributed by atoms with E-state index < -0.39 is 0 Å². The molecule has 0 atom stereocenters. The summed E-state index contributed by atoms with van der Waals surface area (Å²) in [4.78, 5) is 11.1. The van der Waals surface area contributed by atoms with Gasteiger partial charge in [-0.1, -0.05) is 12.1 Å². The molecule has 3 heteroatoms. The molecule has 0 amide bonds. The predicted molar refractivity (Wildman–Crippen MR) is 53.3 cm³/mol. The highest BCUT2D eigenvalue weighted by Crippen LogP contribution is 2.13. The molecular formula is C11H14O3. The molecule has 0 fully saturated rings. The van der Waals surface area contributed by atoms with Crippen LogP contribution in [0.1, 0.15) is 12.5 Å². The van der Waals surface area contributed by atoms with E-state index in [1.807, 2.05) is 24.3 Å². The summed E-state index contributed by atoms with van der Waals surface area (Å²) in [7, 11) is 1.60. The molecule has 76 valence electrons. The van der Waals surface area contributed by atoms with E-state index in [0.29, 0.717) is 13.0 Å². The molecule has 0 aliphatic rings. The lowest BCUT2D eigenvalue weighted by atomic mass is 10.1. The molecule has 0 radical (unpaired) electrons. The van der Waals surface area contributed by atoms with E-state index >= 15 is 0 Å². The highest BCUT2D eigenvalue weighted by Gasteiger charge is 2.04. The maximum atomic E-state index is 11.1. The molecule has 0 heterocycles. The van der Waals surface area contributed by atoms with Gasteiger partial charge in [0.2, 0.25) is 0 Å². The van der Waals surface area contributed by atoms with Gasteiger partial charge in [0.05, 0.1) is 20.1 Å². The highest BCUT2D eigenvalue weighted by molar-refractivity contribution is 5.72. The summed E-state index contributed by atoms with van der Waals surface area (Å²) < 4.78 is 9.88. The van der Waals surface area contributed by atoms with E-state index in [1.54, 1.807) is 14.0 Å². The third-order valence-corrected chi connectivity index (χ3v) is 1.79. The van der Waals surface area contributed by atoms with Gasteiger partial charge in [-0.05, 0) is 24.6 Å². The Morgan fingerprint density at radius 2 is 2.21 bits per heavy atom. The van der Waals surface area contributed by atoms with Crippen LogP contribution in [0.25, 0.3) is 0 Å². The molecule has 1 aromatic rings. The van der Waals surface area contributed by atoms with Crippen LogP contribution in [0.3, 0.4) is 0 Å². The lowest BCUT2D eigenvalue weighted by Crippen LogP contribution is -2.07. The summed E-state index contributed by atoms with van der Waals surface area (Å²) in [5, 5.41) is 0. The molecule has 0 aliphatic carbocycles. The number of methoxy groups -OCH3 is 1. The number of rotatable bonds is 4. The minimum atomic E-state index is -0.208. The van der Waals surface area contributed by atoms with Gasteiger partial charge < -0.3 is 9.47 Å². The molecule has 0 bridgehead atoms. The molecule has 0 spiro atoms. The van der Waals surface area contributed by atoms with Crippen LogP contribution in [0.5, 0.6) is 5.75 Å². The summed E-state index contributed by atoms with van der Waals surface area (Å²) in [5.41, 5.74) is 0.905. The van der Waals surface area contributed by atoms with Gasteiger partial charge in [-0.15, -0.1) is 0 Å². The van der Waals surface area contributed by atoms with Gasteiger partial charge >= 0.3 is 5.97 Å². The fourth-order valence-electron chi connectivity index (χ4n) is 1.16. The largest absolute Gasteiger partial charge is 0.497 e. The molecule has 0 saturated heterocycles. The van der Waals surface area contributed by atoms with Crippen LogP contribution in [0.4, 0.5) is 0 Å². The second-order valence-corrected chi connectivity index (χ2v) is 2.83. The van der Waals surface area contributed by atoms with Crippen molar-refractivity contribution in [3.05, 3.63) is 29.8 Å². The van der Waals surface area contributed by atoms with Gasteiger partial charge in [-0.2, -0.15) is 0 Å². The van der Waals surface area contributed by atoms with Gasteiger partial charge in [0.15, 0.2) is 0 Å². The Morgan fingerprint density at radius 3 is 2.86 bits per heavy atom. The van der Waals surface area contributed by atoms with Crippen LogP contribution in [-0.2, 0) is 16.0 Å². The summed E-state index contributed by atoms with van der Waals surface area (Å²) >= 11 is 0. The number of hydrogen-bond donors (Lipinski definition) is 0. The number of ether oxygens (including phenoxy) is 2. The molecular weight excluding hydrogens is 180 g/mol. The highest BCUT2D eigenvalue weighted by atomic mass is 16.5. The molecule has 14 heavy (non-hydrogen) atoms. The zero-order valence-electron chi connectivity index (χ0n) is 8.45. The maximum absolute atomic E-state index is 11.1. The first-order chi connectivity index (χ1) is 6.76. The first-order valence-electron chi connectivity index (χ1n) is 4.54. The van der Waals surface area contributed by atoms with E-state index in [9.17, 15) is 4.79 Å². The molecule has 0 aromatic heterocycles. The van der Waals surface area contributed by atoms with E-state index in [2.05, 4.69) is 0 Å². The van der Waals surface area contributed by atoms with Crippen molar-refractivity contribution in [1.82, 2.24) is 0 Å². The second kappa shape index (κ2) is 5.27. The molecule has 0 aliphatic heterocycles. The normalized spacial score (nSPS) is 9.57. The monoisotopic (exact) mass is 194 g/mol. The summed E-state index contributed by atoms with van der Waals surface area (Å²) in [5.74, 6) is 0.549. The number of hydrogen-bond acceptors (Lipinski definition) is 3. The fourth-order valence-corrected chi connectivity index (χ4v) is 1.16. The summed E-state index contributed by atoms with van der Waals surface area (Å²) in [6.45, 7) is 2.21. The van der Waals surface area contributed by atoms with Crippen molar-refractivity contribution in [2.24, 2.45) is 0 Å². The van der Waals surface area contributed by atoms with Crippen LogP contribution in [0, 0.1) is 0 Å². The molecule has 1 aromatic carbocycles. The van der Waals surface area contributed by atoms with Crippen LogP contribution in [0.2, 0.25) is 0 Å². The van der Waals surface area contributed by atoms with E-state index in [-0.39, 0.29) is 5.97 Å². The fraction of sp³-hybridized carbons (Fsp3) is 0.364. The average Bonchev–Trinajstić information content (AvgIpc) is 2.18. The van der Waals surface area contributed by atoms with Crippen molar-refractivity contribution in [3.8, 4) is 5.75 Å². The van der Waals surface area contributed by atoms with Crippen molar-refractivity contribution >= 4 is 5.97 Å². The molecule has 3 nitrogen and oxygen atoms in total. The van der Waals surface area contributed by atoms with E-state index in [1.165, 1.54) is 0 Å². The van der Waals surface area contributed by atoms with Gasteiger partial charge in [0, 0.05) is 0 Å². The van der Waals surface area contributed by atoms with Crippen LogP contribution in [0.15, 0.2) is 24.3 Å². The SMILES string of the molecule is CCOC(=O)Cc1cccc(OC)c1. The van der Waals surface area contributed by atoms with Crippen molar-refractivity contribution in [2.75, 3.05) is 13.7 Å². The number of carbonyl (C=O) groups is 1. The zero-order chi connectivity index (χ0) is 10.4. The smallest absolute Gasteiger partial charge is 0.310 e. The Balaban J connectivity index is 2.62. The van der Waals surface area contributed by atoms with E-state index in [0.717, 1.165) is 11.3 Å². The Hall–Kier alpha value is -1.51. The summed E-state index contributed by atoms with van der Waals surface area (Å²) in [6, 6.07) is 7.40. The first kappa shape index (κ1) is 10.6. The minimum Gasteiger partial charge on any atom is -0.497 e. The van der Waals surface area contributed by atoms with Crippen molar-refractivity contribution in [2.45, 2.75) is 13.3 Å². The van der Waals surface area contributed by atoms with E-state index in [4.69, 9.17) is 9.47 Å². The summed E-state index contributed by atoms with van der Waals surface area (Å²) in [6.07, 6.45) is 0.297. The molecule has 1 rings (SSSR count). The standard InChI is InChI=1S/C11H14O3/c1-3-14-11(12)8-9-5-4-6-10(7-9)13-2/h4-7H,3,8H2,1-2H3. The Labute approximate surface area is 83.6 Å². The van der Waals surface area contributed by atoms with Crippen molar-refractivity contribution in [3.63, 3.8) is 0 Å². The van der Waals surface area contributed by atoms with Crippen LogP contribution < -0.4 is 4.74 Å². The Bertz CT molecular complexity index is 307. The lowest BCUT2D eigenvalue weighted by molar-refractivity contribution is -0.142. The molecule has 0 unspecified atom stereocenters. The van der Waals surface area contributed by atoms with Gasteiger partial charge in [0.25, 0.3) is 0 Å². The Kier molecular flexibility index (Phi) is 3.98. The average molecular weight is 194 g/mol. The number of carbonyl (C=O) groups excluding carboxylic acids is 1. The second-order valence-electron chi connectivity index (χ2n) is 2.83. The predicted octanol–water partition coefficient (Wildman–Crippen LogP) is 1.80. The van der Waals surface area contributed by atoms with Crippen LogP contribution >= 0.6 is 0 Å². The zero-order valence-corrected chi connectivity index (χ0v) is 8.45. The van der Waals surface area contributed by atoms with Gasteiger partial charge in [0.1, 0.15) is 5.75 Å². The third kappa shape index (κ3) is 3.09. The number of benzene rings is 1. The van der Waals surface area contributed by atoms with Crippen molar-refractivity contribution < 1.29 is 14.3 Å². The van der Waals surface area contributed by atoms with Gasteiger partial charge in [-0.3, -0.25) is 4.79 Å². The lowest BCUT2D eigenvalue weighted by Gasteiger charge is -2.04. The topological polar surface area (TPSA) is 35.5 Å². The van der Waals surface area contributed by atoms with Crippen molar-refractivity contribution in [1.29, 1.82) is 0 Å². The molecule has 0 saturated carbocycles. The first-order valence-corrected chi connectivity index (χ1v) is 4.54.